The van der Waals surface area contributed by atoms with Gasteiger partial charge in [-0.2, -0.15) is 0 Å². The predicted octanol–water partition coefficient (Wildman–Crippen LogP) is 1.06. The summed E-state index contributed by atoms with van der Waals surface area (Å²) < 4.78 is 0. The van der Waals surface area contributed by atoms with Gasteiger partial charge in [-0.15, -0.1) is 11.8 Å². The van der Waals surface area contributed by atoms with E-state index in [0.717, 1.165) is 17.3 Å². The lowest BCUT2D eigenvalue weighted by atomic mass is 10.0. The van der Waals surface area contributed by atoms with Gasteiger partial charge in [0.05, 0.1) is 10.8 Å². The molecule has 0 rings (SSSR count). The number of rotatable bonds is 6. The average molecular weight is 216 g/mol. The van der Waals surface area contributed by atoms with Gasteiger partial charge in [0.25, 0.3) is 0 Å². The van der Waals surface area contributed by atoms with Crippen molar-refractivity contribution < 1.29 is 9.59 Å². The molecule has 0 aliphatic rings. The Bertz CT molecular complexity index is 229. The number of thioether (sulfide) groups is 1. The van der Waals surface area contributed by atoms with Crippen LogP contribution < -0.4 is 5.32 Å². The van der Waals surface area contributed by atoms with Crippen LogP contribution in [0.4, 0.5) is 0 Å². The molecule has 5 heteroatoms. The number of hydrogen-bond acceptors (Lipinski definition) is 4. The zero-order valence-electron chi connectivity index (χ0n) is 8.66. The zero-order chi connectivity index (χ0) is 11.1. The van der Waals surface area contributed by atoms with E-state index in [1.807, 2.05) is 0 Å². The second-order valence-electron chi connectivity index (χ2n) is 3.18. The number of Topliss-reactive ketones (excluding diaryl/α,β-unsaturated/α-hetero) is 1. The van der Waals surface area contributed by atoms with Crippen LogP contribution in [-0.4, -0.2) is 29.5 Å². The van der Waals surface area contributed by atoms with Crippen molar-refractivity contribution in [2.45, 2.75) is 25.5 Å². The van der Waals surface area contributed by atoms with Gasteiger partial charge in [0.2, 0.25) is 5.91 Å². The third-order valence-electron chi connectivity index (χ3n) is 1.80. The summed E-state index contributed by atoms with van der Waals surface area (Å²) in [6.07, 6.45) is 0.192. The smallest absolute Gasteiger partial charge is 0.233 e. The molecule has 0 spiro atoms. The lowest BCUT2D eigenvalue weighted by Gasteiger charge is -2.12. The first-order valence-electron chi connectivity index (χ1n) is 4.41. The van der Waals surface area contributed by atoms with Crippen molar-refractivity contribution in [3.05, 3.63) is 0 Å². The van der Waals surface area contributed by atoms with Gasteiger partial charge in [-0.3, -0.25) is 9.59 Å². The summed E-state index contributed by atoms with van der Waals surface area (Å²) in [5.74, 6) is -0.214. The van der Waals surface area contributed by atoms with Crippen molar-refractivity contribution >= 4 is 29.0 Å². The minimum atomic E-state index is -0.465. The number of carbonyl (C=O) groups is 2. The maximum atomic E-state index is 11.4. The Kier molecular flexibility index (Phi) is 6.19. The summed E-state index contributed by atoms with van der Waals surface area (Å²) in [5.41, 5.74) is 1.09. The van der Waals surface area contributed by atoms with Crippen LogP contribution in [0.25, 0.3) is 0 Å². The Morgan fingerprint density at radius 1 is 1.50 bits per heavy atom. The van der Waals surface area contributed by atoms with Crippen LogP contribution >= 0.6 is 11.8 Å². The number of carbonyl (C=O) groups excluding carboxylic acids is 2. The normalized spacial score (nSPS) is 12.3. The molecule has 0 radical (unpaired) electrons. The fourth-order valence-electron chi connectivity index (χ4n) is 0.864. The monoisotopic (exact) mass is 216 g/mol. The standard InChI is InChI=1S/C9H16N2O2S/c1-6(2)7(12)4-8(14-5-10)9(13)11-3/h5-6,8,10H,4H2,1-3H3,(H,11,13). The lowest BCUT2D eigenvalue weighted by Crippen LogP contribution is -2.32. The van der Waals surface area contributed by atoms with E-state index in [-0.39, 0.29) is 24.0 Å². The van der Waals surface area contributed by atoms with Gasteiger partial charge in [0.1, 0.15) is 5.78 Å². The third-order valence-corrected chi connectivity index (χ3v) is 2.65. The molecule has 0 bridgehead atoms. The van der Waals surface area contributed by atoms with Crippen LogP contribution in [-0.2, 0) is 9.59 Å². The van der Waals surface area contributed by atoms with Gasteiger partial charge < -0.3 is 10.7 Å². The van der Waals surface area contributed by atoms with Crippen LogP contribution in [0.3, 0.4) is 0 Å². The van der Waals surface area contributed by atoms with E-state index >= 15 is 0 Å². The molecule has 0 aliphatic carbocycles. The Hall–Kier alpha value is -0.840. The molecule has 0 saturated carbocycles. The SMILES string of the molecule is CNC(=O)C(CC(=O)C(C)C)SC=N. The van der Waals surface area contributed by atoms with E-state index in [2.05, 4.69) is 5.32 Å². The molecule has 0 aliphatic heterocycles. The number of hydrogen-bond donors (Lipinski definition) is 2. The van der Waals surface area contributed by atoms with Gasteiger partial charge in [-0.05, 0) is 0 Å². The van der Waals surface area contributed by atoms with Crippen molar-refractivity contribution in [1.29, 1.82) is 5.41 Å². The highest BCUT2D eigenvalue weighted by Gasteiger charge is 2.21. The summed E-state index contributed by atoms with van der Waals surface area (Å²) >= 11 is 1.06. The quantitative estimate of drug-likeness (QED) is 0.515. The van der Waals surface area contributed by atoms with Gasteiger partial charge in [-0.25, -0.2) is 0 Å². The molecule has 1 unspecified atom stereocenters. The van der Waals surface area contributed by atoms with Crippen molar-refractivity contribution in [2.24, 2.45) is 5.92 Å². The topological polar surface area (TPSA) is 70.0 Å². The molecule has 0 saturated heterocycles. The Morgan fingerprint density at radius 2 is 2.07 bits per heavy atom. The molecule has 4 nitrogen and oxygen atoms in total. The molecule has 0 aromatic carbocycles. The summed E-state index contributed by atoms with van der Waals surface area (Å²) in [5, 5.41) is 8.91. The third kappa shape index (κ3) is 4.41. The molecule has 1 atom stereocenters. The van der Waals surface area contributed by atoms with Crippen LogP contribution in [0.5, 0.6) is 0 Å². The lowest BCUT2D eigenvalue weighted by molar-refractivity contribution is -0.126. The first kappa shape index (κ1) is 13.2. The van der Waals surface area contributed by atoms with Gasteiger partial charge >= 0.3 is 0 Å². The van der Waals surface area contributed by atoms with Crippen molar-refractivity contribution in [3.8, 4) is 0 Å². The largest absolute Gasteiger partial charge is 0.358 e. The van der Waals surface area contributed by atoms with Crippen LogP contribution in [0.1, 0.15) is 20.3 Å². The maximum Gasteiger partial charge on any atom is 0.233 e. The van der Waals surface area contributed by atoms with E-state index in [1.165, 1.54) is 7.05 Å². The Morgan fingerprint density at radius 3 is 2.43 bits per heavy atom. The number of amides is 1. The fourth-order valence-corrected chi connectivity index (χ4v) is 1.53. The highest BCUT2D eigenvalue weighted by Crippen LogP contribution is 2.14. The molecule has 0 aromatic heterocycles. The highest BCUT2D eigenvalue weighted by molar-refractivity contribution is 8.13. The molecule has 0 fully saturated rings. The number of nitrogens with one attached hydrogen (secondary N) is 2. The maximum absolute atomic E-state index is 11.4. The number of ketones is 1. The summed E-state index contributed by atoms with van der Waals surface area (Å²) in [4.78, 5) is 22.7. The molecule has 14 heavy (non-hydrogen) atoms. The van der Waals surface area contributed by atoms with Crippen LogP contribution in [0.2, 0.25) is 0 Å². The predicted molar refractivity (Wildman–Crippen MR) is 58.7 cm³/mol. The first-order chi connectivity index (χ1) is 6.52. The molecule has 2 N–H and O–H groups in total. The highest BCUT2D eigenvalue weighted by atomic mass is 32.2. The summed E-state index contributed by atoms with van der Waals surface area (Å²) in [6, 6.07) is 0. The molecule has 1 amide bonds. The van der Waals surface area contributed by atoms with Crippen molar-refractivity contribution in [2.75, 3.05) is 7.05 Å². The van der Waals surface area contributed by atoms with E-state index in [1.54, 1.807) is 13.8 Å². The van der Waals surface area contributed by atoms with Gasteiger partial charge in [0.15, 0.2) is 0 Å². The second kappa shape index (κ2) is 6.59. The van der Waals surface area contributed by atoms with Crippen molar-refractivity contribution in [1.82, 2.24) is 5.32 Å². The van der Waals surface area contributed by atoms with E-state index in [9.17, 15) is 9.59 Å². The summed E-state index contributed by atoms with van der Waals surface area (Å²) in [6.45, 7) is 3.61. The van der Waals surface area contributed by atoms with Crippen molar-refractivity contribution in [3.63, 3.8) is 0 Å². The van der Waals surface area contributed by atoms with Gasteiger partial charge in [0, 0.05) is 19.4 Å². The van der Waals surface area contributed by atoms with E-state index < -0.39 is 5.25 Å². The van der Waals surface area contributed by atoms with Crippen LogP contribution in [0.15, 0.2) is 0 Å². The molecular formula is C9H16N2O2S. The molecule has 80 valence electrons. The Balaban J connectivity index is 4.29. The Labute approximate surface area is 88.3 Å². The first-order valence-corrected chi connectivity index (χ1v) is 5.35. The van der Waals surface area contributed by atoms with Crippen LogP contribution in [0, 0.1) is 11.3 Å². The summed E-state index contributed by atoms with van der Waals surface area (Å²) in [7, 11) is 1.53. The zero-order valence-corrected chi connectivity index (χ0v) is 9.48. The molecule has 0 aromatic rings. The second-order valence-corrected chi connectivity index (χ2v) is 4.26. The minimum Gasteiger partial charge on any atom is -0.358 e. The minimum absolute atomic E-state index is 0.0490. The molecular weight excluding hydrogens is 200 g/mol. The van der Waals surface area contributed by atoms with E-state index in [4.69, 9.17) is 5.41 Å². The average Bonchev–Trinajstić information content (AvgIpc) is 2.15. The van der Waals surface area contributed by atoms with Gasteiger partial charge in [-0.1, -0.05) is 13.8 Å². The molecule has 0 heterocycles. The fraction of sp³-hybridized carbons (Fsp3) is 0.667. The van der Waals surface area contributed by atoms with E-state index in [0.29, 0.717) is 0 Å².